The van der Waals surface area contributed by atoms with Crippen LogP contribution in [0.5, 0.6) is 0 Å². The van der Waals surface area contributed by atoms with Crippen molar-refractivity contribution in [1.29, 1.82) is 0 Å². The molecule has 0 aliphatic heterocycles. The van der Waals surface area contributed by atoms with Gasteiger partial charge in [0.2, 0.25) is 6.43 Å². The molecule has 0 amide bonds. The van der Waals surface area contributed by atoms with Gasteiger partial charge in [-0.25, -0.2) is 8.78 Å². The second-order valence-corrected chi connectivity index (χ2v) is 5.71. The Hall–Kier alpha value is -0.920. The van der Waals surface area contributed by atoms with Crippen LogP contribution in [0.1, 0.15) is 44.2 Å². The first kappa shape index (κ1) is 11.6. The molecular weight excluding hydrogens is 206 g/mol. The molecule has 1 aliphatic rings. The summed E-state index contributed by atoms with van der Waals surface area (Å²) in [6, 6.07) is 8.15. The Morgan fingerprint density at radius 1 is 1.12 bits per heavy atom. The lowest BCUT2D eigenvalue weighted by atomic mass is 9.86. The minimum absolute atomic E-state index is 0.0917. The Labute approximate surface area is 95.7 Å². The largest absolute Gasteiger partial charge is 0.242 e. The van der Waals surface area contributed by atoms with Crippen LogP contribution in [0.15, 0.2) is 24.3 Å². The van der Waals surface area contributed by atoms with Crippen molar-refractivity contribution in [2.24, 2.45) is 5.92 Å². The van der Waals surface area contributed by atoms with Crippen LogP contribution in [0.25, 0.3) is 0 Å². The van der Waals surface area contributed by atoms with E-state index >= 15 is 0 Å². The highest BCUT2D eigenvalue weighted by molar-refractivity contribution is 5.32. The zero-order chi connectivity index (χ0) is 11.9. The highest BCUT2D eigenvalue weighted by Crippen LogP contribution is 2.50. The number of rotatable bonds is 2. The van der Waals surface area contributed by atoms with Gasteiger partial charge in [0.15, 0.2) is 0 Å². The Bertz CT molecular complexity index is 359. The van der Waals surface area contributed by atoms with Gasteiger partial charge in [0.25, 0.3) is 0 Å². The molecule has 0 N–H and O–H groups in total. The molecule has 1 fully saturated rings. The highest BCUT2D eigenvalue weighted by Gasteiger charge is 2.44. The second kappa shape index (κ2) is 3.83. The molecule has 2 unspecified atom stereocenters. The predicted octanol–water partition coefficient (Wildman–Crippen LogP) is 4.35. The van der Waals surface area contributed by atoms with Crippen molar-refractivity contribution in [1.82, 2.24) is 0 Å². The summed E-state index contributed by atoms with van der Waals surface area (Å²) >= 11 is 0. The van der Waals surface area contributed by atoms with E-state index in [2.05, 4.69) is 32.9 Å². The van der Waals surface area contributed by atoms with Crippen molar-refractivity contribution in [3.05, 3.63) is 35.4 Å². The van der Waals surface area contributed by atoms with Crippen LogP contribution in [0.2, 0.25) is 0 Å². The maximum Gasteiger partial charge on any atom is 0.242 e. The fraction of sp³-hybridized carbons (Fsp3) is 0.571. The maximum absolute atomic E-state index is 12.4. The molecule has 1 aromatic carbocycles. The molecule has 1 aliphatic carbocycles. The zero-order valence-electron chi connectivity index (χ0n) is 10.0. The van der Waals surface area contributed by atoms with E-state index in [0.29, 0.717) is 6.42 Å². The number of benzene rings is 1. The van der Waals surface area contributed by atoms with Gasteiger partial charge in [-0.3, -0.25) is 0 Å². The number of hydrogen-bond donors (Lipinski definition) is 0. The molecule has 1 saturated carbocycles. The quantitative estimate of drug-likeness (QED) is 0.700. The van der Waals surface area contributed by atoms with Crippen molar-refractivity contribution in [2.75, 3.05) is 0 Å². The molecular formula is C14H18F2. The van der Waals surface area contributed by atoms with Gasteiger partial charge in [-0.1, -0.05) is 45.0 Å². The van der Waals surface area contributed by atoms with Crippen LogP contribution in [-0.2, 0) is 5.41 Å². The Balaban J connectivity index is 2.10. The third-order valence-corrected chi connectivity index (χ3v) is 3.37. The van der Waals surface area contributed by atoms with Gasteiger partial charge in [-0.2, -0.15) is 0 Å². The van der Waals surface area contributed by atoms with Gasteiger partial charge in [-0.05, 0) is 28.9 Å². The van der Waals surface area contributed by atoms with Crippen molar-refractivity contribution < 1.29 is 8.78 Å². The van der Waals surface area contributed by atoms with E-state index < -0.39 is 12.3 Å². The summed E-state index contributed by atoms with van der Waals surface area (Å²) in [7, 11) is 0. The molecule has 0 bridgehead atoms. The van der Waals surface area contributed by atoms with E-state index in [-0.39, 0.29) is 11.3 Å². The van der Waals surface area contributed by atoms with E-state index in [1.807, 2.05) is 12.1 Å². The molecule has 88 valence electrons. The first-order valence-electron chi connectivity index (χ1n) is 5.78. The minimum atomic E-state index is -2.16. The summed E-state index contributed by atoms with van der Waals surface area (Å²) < 4.78 is 24.8. The molecule has 0 spiro atoms. The topological polar surface area (TPSA) is 0 Å². The lowest BCUT2D eigenvalue weighted by Gasteiger charge is -2.19. The summed E-state index contributed by atoms with van der Waals surface area (Å²) in [5.74, 6) is -0.311. The molecule has 1 aromatic rings. The van der Waals surface area contributed by atoms with Gasteiger partial charge in [0, 0.05) is 5.92 Å². The average molecular weight is 224 g/mol. The first-order chi connectivity index (χ1) is 7.39. The third kappa shape index (κ3) is 2.26. The third-order valence-electron chi connectivity index (χ3n) is 3.37. The normalized spacial score (nSPS) is 24.9. The summed E-state index contributed by atoms with van der Waals surface area (Å²) in [6.07, 6.45) is -1.51. The van der Waals surface area contributed by atoms with Crippen LogP contribution in [0, 0.1) is 5.92 Å². The summed E-state index contributed by atoms with van der Waals surface area (Å²) in [5, 5.41) is 0. The second-order valence-electron chi connectivity index (χ2n) is 5.71. The van der Waals surface area contributed by atoms with Gasteiger partial charge in [0.1, 0.15) is 0 Å². The molecule has 2 rings (SSSR count). The minimum Gasteiger partial charge on any atom is -0.210 e. The number of alkyl halides is 2. The van der Waals surface area contributed by atoms with E-state index in [4.69, 9.17) is 0 Å². The molecule has 2 atom stereocenters. The number of halogens is 2. The van der Waals surface area contributed by atoms with Gasteiger partial charge in [-0.15, -0.1) is 0 Å². The average Bonchev–Trinajstić information content (AvgIpc) is 2.96. The molecule has 0 aromatic heterocycles. The van der Waals surface area contributed by atoms with E-state index in [1.165, 1.54) is 5.56 Å². The van der Waals surface area contributed by atoms with Crippen molar-refractivity contribution in [3.8, 4) is 0 Å². The van der Waals surface area contributed by atoms with Crippen LogP contribution in [0.3, 0.4) is 0 Å². The first-order valence-corrected chi connectivity index (χ1v) is 5.78. The zero-order valence-corrected chi connectivity index (χ0v) is 10.0. The molecule has 0 saturated heterocycles. The highest BCUT2D eigenvalue weighted by atomic mass is 19.3. The fourth-order valence-electron chi connectivity index (χ4n) is 2.11. The number of hydrogen-bond acceptors (Lipinski definition) is 0. The van der Waals surface area contributed by atoms with Gasteiger partial charge >= 0.3 is 0 Å². The van der Waals surface area contributed by atoms with Gasteiger partial charge in [0.05, 0.1) is 0 Å². The van der Waals surface area contributed by atoms with Crippen LogP contribution in [0.4, 0.5) is 8.78 Å². The molecule has 0 heterocycles. The smallest absolute Gasteiger partial charge is 0.210 e. The van der Waals surface area contributed by atoms with Crippen LogP contribution in [-0.4, -0.2) is 6.43 Å². The molecule has 16 heavy (non-hydrogen) atoms. The Morgan fingerprint density at radius 3 is 2.06 bits per heavy atom. The fourth-order valence-corrected chi connectivity index (χ4v) is 2.11. The van der Waals surface area contributed by atoms with E-state index in [0.717, 1.165) is 5.56 Å². The van der Waals surface area contributed by atoms with Crippen molar-refractivity contribution in [2.45, 2.75) is 45.0 Å². The molecule has 0 nitrogen and oxygen atoms in total. The van der Waals surface area contributed by atoms with Gasteiger partial charge < -0.3 is 0 Å². The standard InChI is InChI=1S/C14H18F2/c1-14(2,3)10-6-4-9(5-7-10)11-8-12(11)13(15)16/h4-7,11-13H,8H2,1-3H3. The van der Waals surface area contributed by atoms with Crippen molar-refractivity contribution >= 4 is 0 Å². The monoisotopic (exact) mass is 224 g/mol. The molecule has 0 radical (unpaired) electrons. The Morgan fingerprint density at radius 2 is 1.69 bits per heavy atom. The van der Waals surface area contributed by atoms with Crippen LogP contribution < -0.4 is 0 Å². The van der Waals surface area contributed by atoms with E-state index in [9.17, 15) is 8.78 Å². The van der Waals surface area contributed by atoms with Crippen LogP contribution >= 0.6 is 0 Å². The maximum atomic E-state index is 12.4. The lowest BCUT2D eigenvalue weighted by molar-refractivity contribution is 0.120. The SMILES string of the molecule is CC(C)(C)c1ccc(C2CC2C(F)F)cc1. The lowest BCUT2D eigenvalue weighted by Crippen LogP contribution is -2.10. The predicted molar refractivity (Wildman–Crippen MR) is 62.0 cm³/mol. The van der Waals surface area contributed by atoms with E-state index in [1.54, 1.807) is 0 Å². The summed E-state index contributed by atoms with van der Waals surface area (Å²) in [4.78, 5) is 0. The summed E-state index contributed by atoms with van der Waals surface area (Å²) in [5.41, 5.74) is 2.45. The Kier molecular flexibility index (Phi) is 2.77. The molecule has 2 heteroatoms. The summed E-state index contributed by atoms with van der Waals surface area (Å²) in [6.45, 7) is 6.46. The van der Waals surface area contributed by atoms with Crippen molar-refractivity contribution in [3.63, 3.8) is 0 Å².